The Labute approximate surface area is 122 Å². The van der Waals surface area contributed by atoms with Gasteiger partial charge in [0.05, 0.1) is 23.7 Å². The average Bonchev–Trinajstić information content (AvgIpc) is 2.80. The summed E-state index contributed by atoms with van der Waals surface area (Å²) in [5, 5.41) is 12.8. The lowest BCUT2D eigenvalue weighted by molar-refractivity contribution is 0.0595. The van der Waals surface area contributed by atoms with Crippen LogP contribution in [0.3, 0.4) is 0 Å². The minimum atomic E-state index is -0.733. The standard InChI is InChI=1S/C13H9BrFN3O2/c1-20-13(19)9-4-2-3-8(12(9)15)6-18-7-10(14)11(5-16)17-18/h2-4,7H,6H2,1H3. The fourth-order valence-corrected chi connectivity index (χ4v) is 2.10. The topological polar surface area (TPSA) is 67.9 Å². The predicted octanol–water partition coefficient (Wildman–Crippen LogP) is 2.49. The summed E-state index contributed by atoms with van der Waals surface area (Å²) in [6.45, 7) is 0.108. The first-order chi connectivity index (χ1) is 9.56. The maximum atomic E-state index is 14.2. The van der Waals surface area contributed by atoms with E-state index in [2.05, 4.69) is 25.8 Å². The van der Waals surface area contributed by atoms with E-state index in [0.29, 0.717) is 4.47 Å². The summed E-state index contributed by atoms with van der Waals surface area (Å²) < 4.78 is 20.6. The van der Waals surface area contributed by atoms with Crippen molar-refractivity contribution in [3.05, 3.63) is 51.5 Å². The van der Waals surface area contributed by atoms with Crippen molar-refractivity contribution in [2.24, 2.45) is 0 Å². The zero-order valence-electron chi connectivity index (χ0n) is 10.4. The number of nitriles is 1. The second kappa shape index (κ2) is 5.84. The summed E-state index contributed by atoms with van der Waals surface area (Å²) in [6, 6.07) is 6.37. The Bertz CT molecular complexity index is 706. The van der Waals surface area contributed by atoms with Crippen LogP contribution in [0.4, 0.5) is 4.39 Å². The Morgan fingerprint density at radius 3 is 2.95 bits per heavy atom. The van der Waals surface area contributed by atoms with Gasteiger partial charge < -0.3 is 4.74 Å². The van der Waals surface area contributed by atoms with Crippen molar-refractivity contribution < 1.29 is 13.9 Å². The highest BCUT2D eigenvalue weighted by atomic mass is 79.9. The molecule has 0 amide bonds. The molecule has 0 spiro atoms. The van der Waals surface area contributed by atoms with Crippen LogP contribution in [-0.4, -0.2) is 22.9 Å². The van der Waals surface area contributed by atoms with Gasteiger partial charge in [0, 0.05) is 11.8 Å². The van der Waals surface area contributed by atoms with E-state index in [4.69, 9.17) is 5.26 Å². The van der Waals surface area contributed by atoms with E-state index in [1.807, 2.05) is 6.07 Å². The van der Waals surface area contributed by atoms with Crippen LogP contribution in [0.15, 0.2) is 28.9 Å². The second-order valence-electron chi connectivity index (χ2n) is 3.91. The van der Waals surface area contributed by atoms with Crippen molar-refractivity contribution in [1.29, 1.82) is 5.26 Å². The number of hydrogen-bond acceptors (Lipinski definition) is 4. The number of carbonyl (C=O) groups is 1. The molecule has 0 saturated carbocycles. The van der Waals surface area contributed by atoms with Gasteiger partial charge in [-0.25, -0.2) is 9.18 Å². The van der Waals surface area contributed by atoms with E-state index in [9.17, 15) is 9.18 Å². The zero-order valence-corrected chi connectivity index (χ0v) is 12.0. The lowest BCUT2D eigenvalue weighted by atomic mass is 10.1. The number of nitrogens with zero attached hydrogens (tertiary/aromatic N) is 3. The van der Waals surface area contributed by atoms with Gasteiger partial charge in [-0.1, -0.05) is 12.1 Å². The second-order valence-corrected chi connectivity index (χ2v) is 4.76. The van der Waals surface area contributed by atoms with Gasteiger partial charge in [0.2, 0.25) is 0 Å². The Hall–Kier alpha value is -2.20. The lowest BCUT2D eigenvalue weighted by Crippen LogP contribution is -2.09. The number of aromatic nitrogens is 2. The molecule has 0 bridgehead atoms. The van der Waals surface area contributed by atoms with Gasteiger partial charge in [0.25, 0.3) is 0 Å². The largest absolute Gasteiger partial charge is 0.465 e. The van der Waals surface area contributed by atoms with Crippen molar-refractivity contribution in [2.45, 2.75) is 6.54 Å². The van der Waals surface area contributed by atoms with Crippen LogP contribution < -0.4 is 0 Å². The molecule has 1 aromatic heterocycles. The van der Waals surface area contributed by atoms with Crippen molar-refractivity contribution >= 4 is 21.9 Å². The summed E-state index contributed by atoms with van der Waals surface area (Å²) in [4.78, 5) is 11.4. The van der Waals surface area contributed by atoms with Crippen LogP contribution in [0.25, 0.3) is 0 Å². The molecule has 2 rings (SSSR count). The molecule has 5 nitrogen and oxygen atoms in total. The van der Waals surface area contributed by atoms with Gasteiger partial charge in [-0.2, -0.15) is 10.4 Å². The van der Waals surface area contributed by atoms with E-state index in [1.54, 1.807) is 18.3 Å². The summed E-state index contributed by atoms with van der Waals surface area (Å²) >= 11 is 3.18. The summed E-state index contributed by atoms with van der Waals surface area (Å²) in [5.74, 6) is -1.38. The highest BCUT2D eigenvalue weighted by Crippen LogP contribution is 2.18. The third-order valence-corrected chi connectivity index (χ3v) is 3.22. The molecule has 0 aliphatic heterocycles. The van der Waals surface area contributed by atoms with Crippen LogP contribution in [-0.2, 0) is 11.3 Å². The van der Waals surface area contributed by atoms with Crippen molar-refractivity contribution in [2.75, 3.05) is 7.11 Å². The number of carbonyl (C=O) groups excluding carboxylic acids is 1. The van der Waals surface area contributed by atoms with E-state index in [1.165, 1.54) is 17.9 Å². The van der Waals surface area contributed by atoms with Crippen LogP contribution in [0, 0.1) is 17.1 Å². The first-order valence-corrected chi connectivity index (χ1v) is 6.35. The molecule has 0 N–H and O–H groups in total. The van der Waals surface area contributed by atoms with E-state index in [0.717, 1.165) is 0 Å². The van der Waals surface area contributed by atoms with Crippen molar-refractivity contribution in [3.63, 3.8) is 0 Å². The lowest BCUT2D eigenvalue weighted by Gasteiger charge is -2.07. The Balaban J connectivity index is 2.34. The molecule has 1 heterocycles. The van der Waals surface area contributed by atoms with Gasteiger partial charge in [-0.05, 0) is 22.0 Å². The van der Waals surface area contributed by atoms with Gasteiger partial charge in [0.1, 0.15) is 11.9 Å². The number of rotatable bonds is 3. The number of benzene rings is 1. The van der Waals surface area contributed by atoms with Crippen LogP contribution in [0.1, 0.15) is 21.6 Å². The van der Waals surface area contributed by atoms with Crippen LogP contribution in [0.5, 0.6) is 0 Å². The Kier molecular flexibility index (Phi) is 4.15. The molecule has 0 atom stereocenters. The number of esters is 1. The average molecular weight is 338 g/mol. The molecule has 102 valence electrons. The molecule has 20 heavy (non-hydrogen) atoms. The van der Waals surface area contributed by atoms with Gasteiger partial charge in [-0.15, -0.1) is 0 Å². The van der Waals surface area contributed by atoms with E-state index >= 15 is 0 Å². The molecule has 0 aliphatic carbocycles. The SMILES string of the molecule is COC(=O)c1cccc(Cn2cc(Br)c(C#N)n2)c1F. The summed E-state index contributed by atoms with van der Waals surface area (Å²) in [5.41, 5.74) is 0.374. The number of ether oxygens (including phenoxy) is 1. The fraction of sp³-hybridized carbons (Fsp3) is 0.154. The molecule has 7 heteroatoms. The minimum Gasteiger partial charge on any atom is -0.465 e. The first-order valence-electron chi connectivity index (χ1n) is 5.55. The summed E-state index contributed by atoms with van der Waals surface area (Å²) in [7, 11) is 1.19. The third kappa shape index (κ3) is 2.70. The number of hydrogen-bond donors (Lipinski definition) is 0. The minimum absolute atomic E-state index is 0.108. The van der Waals surface area contributed by atoms with Crippen LogP contribution in [0.2, 0.25) is 0 Å². The normalized spacial score (nSPS) is 10.1. The quantitative estimate of drug-likeness (QED) is 0.807. The number of halogens is 2. The van der Waals surface area contributed by atoms with Gasteiger partial charge >= 0.3 is 5.97 Å². The molecule has 0 aliphatic rings. The van der Waals surface area contributed by atoms with Crippen LogP contribution >= 0.6 is 15.9 Å². The van der Waals surface area contributed by atoms with Gasteiger partial charge in [0.15, 0.2) is 5.69 Å². The monoisotopic (exact) mass is 337 g/mol. The molecule has 0 saturated heterocycles. The van der Waals surface area contributed by atoms with E-state index < -0.39 is 11.8 Å². The number of methoxy groups -OCH3 is 1. The molecular weight excluding hydrogens is 329 g/mol. The Morgan fingerprint density at radius 1 is 1.60 bits per heavy atom. The van der Waals surface area contributed by atoms with Crippen molar-refractivity contribution in [3.8, 4) is 6.07 Å². The molecule has 2 aromatic rings. The Morgan fingerprint density at radius 2 is 2.35 bits per heavy atom. The molecule has 0 fully saturated rings. The van der Waals surface area contributed by atoms with E-state index in [-0.39, 0.29) is 23.4 Å². The zero-order chi connectivity index (χ0) is 14.7. The third-order valence-electron chi connectivity index (χ3n) is 2.64. The molecule has 0 radical (unpaired) electrons. The smallest absolute Gasteiger partial charge is 0.340 e. The highest BCUT2D eigenvalue weighted by Gasteiger charge is 2.16. The molecule has 1 aromatic carbocycles. The predicted molar refractivity (Wildman–Crippen MR) is 71.5 cm³/mol. The first kappa shape index (κ1) is 14.2. The highest BCUT2D eigenvalue weighted by molar-refractivity contribution is 9.10. The maximum absolute atomic E-state index is 14.2. The maximum Gasteiger partial charge on any atom is 0.340 e. The molecule has 0 unspecified atom stereocenters. The van der Waals surface area contributed by atoms with Crippen molar-refractivity contribution in [1.82, 2.24) is 9.78 Å². The molecular formula is C13H9BrFN3O2. The summed E-state index contributed by atoms with van der Waals surface area (Å²) in [6.07, 6.45) is 1.57. The van der Waals surface area contributed by atoms with Gasteiger partial charge in [-0.3, -0.25) is 4.68 Å². The fourth-order valence-electron chi connectivity index (χ4n) is 1.70.